The number of nitrogens with one attached hydrogen (secondary N) is 2. The van der Waals surface area contributed by atoms with Crippen LogP contribution in [0.25, 0.3) is 10.8 Å². The number of allylic oxidation sites excluding steroid dienone is 1. The van der Waals surface area contributed by atoms with Crippen molar-refractivity contribution in [2.75, 3.05) is 26.9 Å². The highest BCUT2D eigenvalue weighted by Gasteiger charge is 2.61. The molecule has 3 amide bonds. The SMILES string of the molecule is COc1ccc2c(O[C@@H]3C[C@H]4C(=O)N[C@]5(C(=O)O)C[C@H]5/C=C\CCCOC[C@H](NC(=O)OC(C)(C)C)C(=O)N4C3)nccc2c1. The molecule has 1 saturated heterocycles. The van der Waals surface area contributed by atoms with Crippen molar-refractivity contribution in [2.24, 2.45) is 5.92 Å². The van der Waals surface area contributed by atoms with E-state index in [1.807, 2.05) is 30.4 Å². The van der Waals surface area contributed by atoms with E-state index in [2.05, 4.69) is 15.6 Å². The lowest BCUT2D eigenvalue weighted by Gasteiger charge is -2.30. The second kappa shape index (κ2) is 12.9. The minimum absolute atomic E-state index is 0.0129. The average molecular weight is 625 g/mol. The number of rotatable bonds is 5. The molecule has 0 radical (unpaired) electrons. The van der Waals surface area contributed by atoms with Gasteiger partial charge in [-0.2, -0.15) is 0 Å². The zero-order valence-corrected chi connectivity index (χ0v) is 25.9. The van der Waals surface area contributed by atoms with Gasteiger partial charge in [-0.25, -0.2) is 14.6 Å². The van der Waals surface area contributed by atoms with Crippen LogP contribution < -0.4 is 20.1 Å². The van der Waals surface area contributed by atoms with Crippen LogP contribution in [-0.4, -0.2) is 95.1 Å². The summed E-state index contributed by atoms with van der Waals surface area (Å²) in [5.74, 6) is -1.72. The maximum Gasteiger partial charge on any atom is 0.408 e. The molecule has 13 heteroatoms. The molecule has 3 N–H and O–H groups in total. The fraction of sp³-hybridized carbons (Fsp3) is 0.531. The van der Waals surface area contributed by atoms with Crippen LogP contribution >= 0.6 is 0 Å². The van der Waals surface area contributed by atoms with E-state index in [0.29, 0.717) is 36.5 Å². The smallest absolute Gasteiger partial charge is 0.408 e. The zero-order chi connectivity index (χ0) is 32.4. The van der Waals surface area contributed by atoms with Gasteiger partial charge in [-0.1, -0.05) is 12.2 Å². The Morgan fingerprint density at radius 2 is 2.02 bits per heavy atom. The lowest BCUT2D eigenvalue weighted by atomic mass is 10.1. The van der Waals surface area contributed by atoms with Crippen molar-refractivity contribution in [2.45, 2.75) is 75.8 Å². The molecule has 2 aliphatic heterocycles. The Labute approximate surface area is 261 Å². The van der Waals surface area contributed by atoms with Gasteiger partial charge >= 0.3 is 12.1 Å². The van der Waals surface area contributed by atoms with E-state index in [1.54, 1.807) is 40.1 Å². The second-order valence-electron chi connectivity index (χ2n) is 12.6. The quantitative estimate of drug-likeness (QED) is 0.421. The van der Waals surface area contributed by atoms with Gasteiger partial charge in [0.25, 0.3) is 0 Å². The number of nitrogens with zero attached hydrogens (tertiary/aromatic N) is 2. The summed E-state index contributed by atoms with van der Waals surface area (Å²) >= 11 is 0. The minimum atomic E-state index is -1.46. The Bertz CT molecular complexity index is 1490. The Balaban J connectivity index is 1.44. The topological polar surface area (TPSA) is 166 Å². The van der Waals surface area contributed by atoms with E-state index < -0.39 is 53.2 Å². The summed E-state index contributed by atoms with van der Waals surface area (Å²) in [5, 5.41) is 16.9. The molecule has 2 fully saturated rings. The summed E-state index contributed by atoms with van der Waals surface area (Å²) in [6, 6.07) is 5.02. The van der Waals surface area contributed by atoms with Gasteiger partial charge in [0.1, 0.15) is 35.1 Å². The normalized spacial score (nSPS) is 28.0. The third kappa shape index (κ3) is 7.30. The van der Waals surface area contributed by atoms with Gasteiger partial charge in [0.15, 0.2) is 0 Å². The molecule has 5 atom stereocenters. The van der Waals surface area contributed by atoms with Crippen LogP contribution in [0.1, 0.15) is 46.5 Å². The van der Waals surface area contributed by atoms with Gasteiger partial charge in [0.2, 0.25) is 17.7 Å². The molecule has 3 aliphatic rings. The summed E-state index contributed by atoms with van der Waals surface area (Å²) in [6.45, 7) is 5.27. The number of amides is 3. The van der Waals surface area contributed by atoms with Crippen molar-refractivity contribution in [3.63, 3.8) is 0 Å². The lowest BCUT2D eigenvalue weighted by molar-refractivity contribution is -0.146. The first-order valence-corrected chi connectivity index (χ1v) is 15.1. The largest absolute Gasteiger partial charge is 0.497 e. The number of methoxy groups -OCH3 is 1. The number of benzene rings is 1. The van der Waals surface area contributed by atoms with E-state index in [0.717, 1.165) is 5.39 Å². The highest BCUT2D eigenvalue weighted by molar-refractivity contribution is 5.96. The van der Waals surface area contributed by atoms with Crippen LogP contribution in [0.3, 0.4) is 0 Å². The molecule has 5 rings (SSSR count). The number of fused-ring (bicyclic) bond motifs is 3. The molecule has 1 aromatic carbocycles. The van der Waals surface area contributed by atoms with Crippen molar-refractivity contribution in [1.29, 1.82) is 0 Å². The fourth-order valence-electron chi connectivity index (χ4n) is 5.74. The maximum atomic E-state index is 14.1. The molecule has 0 bridgehead atoms. The van der Waals surface area contributed by atoms with Crippen LogP contribution in [0.2, 0.25) is 0 Å². The monoisotopic (exact) mass is 624 g/mol. The average Bonchev–Trinajstić information content (AvgIpc) is 3.51. The summed E-state index contributed by atoms with van der Waals surface area (Å²) in [4.78, 5) is 58.7. The number of carboxylic acid groups (broad SMARTS) is 1. The first-order chi connectivity index (χ1) is 21.4. The standard InChI is InChI=1S/C32H40N4O9/c1-31(2,3)45-30(41)34-24-18-43-13-7-5-6-8-20-16-32(20,29(39)40)35-26(37)25-15-22(17-36(25)28(24)38)44-27-23-10-9-21(42-4)14-19(23)11-12-33-27/h6,8-12,14,20,22,24-25H,5,7,13,15-18H2,1-4H3,(H,34,41)(H,35,37)(H,39,40)/b8-6-/t20-,22-,24+,25+,32-/m1/s1. The van der Waals surface area contributed by atoms with Crippen molar-refractivity contribution in [3.05, 3.63) is 42.6 Å². The van der Waals surface area contributed by atoms with E-state index in [4.69, 9.17) is 18.9 Å². The molecule has 1 aromatic heterocycles. The number of carbonyl (C=O) groups excluding carboxylic acids is 3. The van der Waals surface area contributed by atoms with Crippen molar-refractivity contribution in [3.8, 4) is 11.6 Å². The van der Waals surface area contributed by atoms with Crippen LogP contribution in [0.4, 0.5) is 4.79 Å². The highest BCUT2D eigenvalue weighted by Crippen LogP contribution is 2.45. The summed E-state index contributed by atoms with van der Waals surface area (Å²) in [7, 11) is 1.58. The number of aliphatic carboxylic acids is 1. The third-order valence-corrected chi connectivity index (χ3v) is 8.11. The number of pyridine rings is 1. The minimum Gasteiger partial charge on any atom is -0.497 e. The Kier molecular flexibility index (Phi) is 9.19. The predicted molar refractivity (Wildman–Crippen MR) is 162 cm³/mol. The van der Waals surface area contributed by atoms with E-state index in [9.17, 15) is 24.3 Å². The summed E-state index contributed by atoms with van der Waals surface area (Å²) in [6.07, 6.45) is 5.38. The lowest BCUT2D eigenvalue weighted by Crippen LogP contribution is -2.57. The number of hydrogen-bond donors (Lipinski definition) is 3. The Hall–Kier alpha value is -4.39. The molecule has 1 saturated carbocycles. The van der Waals surface area contributed by atoms with Crippen molar-refractivity contribution < 1.29 is 43.2 Å². The van der Waals surface area contributed by atoms with Gasteiger partial charge in [0, 0.05) is 30.5 Å². The van der Waals surface area contributed by atoms with E-state index >= 15 is 0 Å². The van der Waals surface area contributed by atoms with E-state index in [1.165, 1.54) is 4.90 Å². The molecule has 3 heterocycles. The van der Waals surface area contributed by atoms with E-state index in [-0.39, 0.29) is 31.9 Å². The van der Waals surface area contributed by atoms with Gasteiger partial charge < -0.3 is 39.6 Å². The number of hydrogen-bond acceptors (Lipinski definition) is 9. The summed E-state index contributed by atoms with van der Waals surface area (Å²) < 4.78 is 22.8. The second-order valence-corrected chi connectivity index (χ2v) is 12.6. The summed E-state index contributed by atoms with van der Waals surface area (Å²) in [5.41, 5.74) is -2.26. The van der Waals surface area contributed by atoms with Gasteiger partial charge in [0.05, 0.1) is 20.3 Å². The van der Waals surface area contributed by atoms with Gasteiger partial charge in [-0.15, -0.1) is 0 Å². The first-order valence-electron chi connectivity index (χ1n) is 15.1. The first kappa shape index (κ1) is 32.0. The molecule has 2 aromatic rings. The van der Waals surface area contributed by atoms with Crippen LogP contribution in [0.15, 0.2) is 42.6 Å². The predicted octanol–water partition coefficient (Wildman–Crippen LogP) is 2.81. The van der Waals surface area contributed by atoms with Crippen LogP contribution in [-0.2, 0) is 23.9 Å². The Morgan fingerprint density at radius 1 is 1.22 bits per heavy atom. The number of aromatic nitrogens is 1. The number of ether oxygens (including phenoxy) is 4. The molecule has 1 aliphatic carbocycles. The maximum absolute atomic E-state index is 14.1. The van der Waals surface area contributed by atoms with Crippen molar-refractivity contribution in [1.82, 2.24) is 20.5 Å². The number of carbonyl (C=O) groups is 4. The molecule has 13 nitrogen and oxygen atoms in total. The van der Waals surface area contributed by atoms with Gasteiger partial charge in [-0.05, 0) is 69.7 Å². The molecular formula is C32H40N4O9. The molecule has 45 heavy (non-hydrogen) atoms. The fourth-order valence-corrected chi connectivity index (χ4v) is 5.74. The Morgan fingerprint density at radius 3 is 2.76 bits per heavy atom. The number of carboxylic acids is 1. The molecule has 242 valence electrons. The van der Waals surface area contributed by atoms with Crippen molar-refractivity contribution >= 4 is 34.6 Å². The molecular weight excluding hydrogens is 584 g/mol. The van der Waals surface area contributed by atoms with Gasteiger partial charge in [-0.3, -0.25) is 9.59 Å². The molecule has 0 unspecified atom stereocenters. The zero-order valence-electron chi connectivity index (χ0n) is 25.9. The third-order valence-electron chi connectivity index (χ3n) is 8.11. The molecule has 0 spiro atoms. The van der Waals surface area contributed by atoms with Crippen LogP contribution in [0.5, 0.6) is 11.6 Å². The van der Waals surface area contributed by atoms with Crippen LogP contribution in [0, 0.1) is 5.92 Å². The highest BCUT2D eigenvalue weighted by atomic mass is 16.6. The number of alkyl carbamates (subject to hydrolysis) is 1.